The number of carbonyl (C=O) groups is 1. The maximum Gasteiger partial charge on any atom is 0.345 e. The second kappa shape index (κ2) is 5.88. The molecule has 4 rings (SSSR count). The number of hydrogen-bond donors (Lipinski definition) is 1. The van der Waals surface area contributed by atoms with Gasteiger partial charge in [-0.1, -0.05) is 18.2 Å². The van der Waals surface area contributed by atoms with Crippen LogP contribution in [0, 0.1) is 6.92 Å². The molecule has 1 unspecified atom stereocenters. The number of nitrogens with one attached hydrogen (secondary N) is 1. The lowest BCUT2D eigenvalue weighted by Crippen LogP contribution is -2.32. The third kappa shape index (κ3) is 2.45. The molecule has 1 aliphatic heterocycles. The zero-order valence-electron chi connectivity index (χ0n) is 14.3. The molecule has 3 aromatic rings. The van der Waals surface area contributed by atoms with E-state index in [4.69, 9.17) is 0 Å². The van der Waals surface area contributed by atoms with Crippen molar-refractivity contribution in [1.82, 2.24) is 19.4 Å². The summed E-state index contributed by atoms with van der Waals surface area (Å²) in [6, 6.07) is 9.64. The highest BCUT2D eigenvalue weighted by Crippen LogP contribution is 2.34. The van der Waals surface area contributed by atoms with E-state index in [-0.39, 0.29) is 17.6 Å². The van der Waals surface area contributed by atoms with Crippen molar-refractivity contribution < 1.29 is 4.79 Å². The molecule has 1 aromatic carbocycles. The first kappa shape index (κ1) is 15.6. The van der Waals surface area contributed by atoms with Gasteiger partial charge in [-0.3, -0.25) is 4.79 Å². The van der Waals surface area contributed by atoms with Crippen molar-refractivity contribution in [2.24, 2.45) is 7.05 Å². The number of aromatic amines is 1. The average molecular weight is 336 g/mol. The van der Waals surface area contributed by atoms with E-state index in [9.17, 15) is 9.59 Å². The van der Waals surface area contributed by atoms with E-state index in [2.05, 4.69) is 14.5 Å². The zero-order chi connectivity index (χ0) is 17.6. The molecule has 0 aliphatic carbocycles. The van der Waals surface area contributed by atoms with E-state index < -0.39 is 0 Å². The Labute approximate surface area is 145 Å². The fourth-order valence-electron chi connectivity index (χ4n) is 3.84. The van der Waals surface area contributed by atoms with Crippen LogP contribution >= 0.6 is 0 Å². The molecule has 1 N–H and O–H groups in total. The lowest BCUT2D eigenvalue weighted by atomic mass is 10.1. The zero-order valence-corrected chi connectivity index (χ0v) is 14.3. The largest absolute Gasteiger partial charge is 0.347 e. The summed E-state index contributed by atoms with van der Waals surface area (Å²) in [5.74, 6) is 0.0226. The summed E-state index contributed by atoms with van der Waals surface area (Å²) in [6.07, 6.45) is 3.26. The molecule has 0 bridgehead atoms. The predicted molar refractivity (Wildman–Crippen MR) is 95.5 cm³/mol. The van der Waals surface area contributed by atoms with Gasteiger partial charge in [-0.05, 0) is 31.9 Å². The van der Waals surface area contributed by atoms with Crippen LogP contribution in [-0.4, -0.2) is 31.9 Å². The first-order chi connectivity index (χ1) is 12.1. The van der Waals surface area contributed by atoms with E-state index in [1.165, 1.54) is 6.20 Å². The lowest BCUT2D eigenvalue weighted by molar-refractivity contribution is 0.0733. The summed E-state index contributed by atoms with van der Waals surface area (Å²) in [5.41, 5.74) is 3.14. The minimum absolute atomic E-state index is 0.0226. The third-order valence-corrected chi connectivity index (χ3v) is 5.18. The van der Waals surface area contributed by atoms with Gasteiger partial charge in [0, 0.05) is 42.1 Å². The van der Waals surface area contributed by atoms with Gasteiger partial charge in [0.15, 0.2) is 0 Å². The van der Waals surface area contributed by atoms with Crippen molar-refractivity contribution >= 4 is 16.8 Å². The molecule has 1 fully saturated rings. The Kier molecular flexibility index (Phi) is 3.67. The van der Waals surface area contributed by atoms with E-state index in [0.717, 1.165) is 40.7 Å². The molecule has 1 aliphatic rings. The Morgan fingerprint density at radius 2 is 2.08 bits per heavy atom. The molecule has 1 atom stereocenters. The average Bonchev–Trinajstić information content (AvgIpc) is 3.19. The number of fused-ring (bicyclic) bond motifs is 1. The number of carbonyl (C=O) groups excluding carboxylic acids is 1. The number of likely N-dealkylation sites (tertiary alicyclic amines) is 1. The number of hydrogen-bond acceptors (Lipinski definition) is 3. The molecule has 128 valence electrons. The van der Waals surface area contributed by atoms with E-state index in [0.29, 0.717) is 6.54 Å². The van der Waals surface area contributed by atoms with E-state index >= 15 is 0 Å². The van der Waals surface area contributed by atoms with Gasteiger partial charge in [-0.2, -0.15) is 0 Å². The SMILES string of the molecule is Cc1c(C(=O)N2CCCC2c2ccnc(=O)[nH]2)c2ccccc2n1C. The highest BCUT2D eigenvalue weighted by Gasteiger charge is 2.33. The molecule has 2 aromatic heterocycles. The van der Waals surface area contributed by atoms with Crippen LogP contribution in [0.25, 0.3) is 10.9 Å². The molecular formula is C19H20N4O2. The molecule has 0 spiro atoms. The second-order valence-electron chi connectivity index (χ2n) is 6.52. The summed E-state index contributed by atoms with van der Waals surface area (Å²) in [6.45, 7) is 2.67. The smallest absolute Gasteiger partial charge is 0.345 e. The molecule has 6 heteroatoms. The van der Waals surface area contributed by atoms with Crippen molar-refractivity contribution in [3.05, 3.63) is 64.0 Å². The van der Waals surface area contributed by atoms with Gasteiger partial charge in [0.2, 0.25) is 0 Å². The van der Waals surface area contributed by atoms with Gasteiger partial charge >= 0.3 is 5.69 Å². The van der Waals surface area contributed by atoms with E-state index in [1.807, 2.05) is 43.1 Å². The van der Waals surface area contributed by atoms with Crippen LogP contribution in [-0.2, 0) is 7.05 Å². The molecule has 0 radical (unpaired) electrons. The van der Waals surface area contributed by atoms with Crippen LogP contribution in [0.3, 0.4) is 0 Å². The Balaban J connectivity index is 1.78. The van der Waals surface area contributed by atoms with Crippen LogP contribution in [0.1, 0.15) is 40.6 Å². The topological polar surface area (TPSA) is 71.0 Å². The van der Waals surface area contributed by atoms with Gasteiger partial charge in [-0.15, -0.1) is 0 Å². The number of rotatable bonds is 2. The normalized spacial score (nSPS) is 17.4. The second-order valence-corrected chi connectivity index (χ2v) is 6.52. The number of para-hydroxylation sites is 1. The quantitative estimate of drug-likeness (QED) is 0.782. The number of aromatic nitrogens is 3. The summed E-state index contributed by atoms with van der Waals surface area (Å²) in [5, 5.41) is 0.973. The minimum atomic E-state index is -0.377. The van der Waals surface area contributed by atoms with Crippen molar-refractivity contribution in [1.29, 1.82) is 0 Å². The fourth-order valence-corrected chi connectivity index (χ4v) is 3.84. The molecular weight excluding hydrogens is 316 g/mol. The monoisotopic (exact) mass is 336 g/mol. The Hall–Kier alpha value is -2.89. The van der Waals surface area contributed by atoms with E-state index in [1.54, 1.807) is 6.07 Å². The molecule has 0 saturated carbocycles. The molecule has 1 amide bonds. The van der Waals surface area contributed by atoms with Crippen LogP contribution in [0.5, 0.6) is 0 Å². The van der Waals surface area contributed by atoms with Crippen molar-refractivity contribution in [3.63, 3.8) is 0 Å². The fraction of sp³-hybridized carbons (Fsp3) is 0.316. The maximum absolute atomic E-state index is 13.4. The van der Waals surface area contributed by atoms with Gasteiger partial charge in [0.25, 0.3) is 5.91 Å². The summed E-state index contributed by atoms with van der Waals surface area (Å²) in [4.78, 5) is 33.3. The minimum Gasteiger partial charge on any atom is -0.347 e. The van der Waals surface area contributed by atoms with Crippen molar-refractivity contribution in [2.45, 2.75) is 25.8 Å². The standard InChI is InChI=1S/C19H20N4O2/c1-12-17(13-6-3-4-7-15(13)22(12)2)18(24)23-11-5-8-16(23)14-9-10-20-19(25)21-14/h3-4,6-7,9-10,16H,5,8,11H2,1-2H3,(H,20,21,25). The number of benzene rings is 1. The van der Waals surface area contributed by atoms with Gasteiger partial charge < -0.3 is 14.5 Å². The lowest BCUT2D eigenvalue weighted by Gasteiger charge is -2.25. The summed E-state index contributed by atoms with van der Waals surface area (Å²) >= 11 is 0. The third-order valence-electron chi connectivity index (χ3n) is 5.18. The molecule has 1 saturated heterocycles. The van der Waals surface area contributed by atoms with Crippen LogP contribution in [0.4, 0.5) is 0 Å². The summed E-state index contributed by atoms with van der Waals surface area (Å²) < 4.78 is 2.06. The summed E-state index contributed by atoms with van der Waals surface area (Å²) in [7, 11) is 1.98. The highest BCUT2D eigenvalue weighted by molar-refractivity contribution is 6.08. The Morgan fingerprint density at radius 1 is 1.28 bits per heavy atom. The number of H-pyrrole nitrogens is 1. The highest BCUT2D eigenvalue weighted by atomic mass is 16.2. The van der Waals surface area contributed by atoms with Crippen LogP contribution in [0.2, 0.25) is 0 Å². The Morgan fingerprint density at radius 3 is 2.88 bits per heavy atom. The molecule has 3 heterocycles. The van der Waals surface area contributed by atoms with Gasteiger partial charge in [0.05, 0.1) is 11.6 Å². The van der Waals surface area contributed by atoms with Crippen LogP contribution in [0.15, 0.2) is 41.3 Å². The number of aryl methyl sites for hydroxylation is 1. The predicted octanol–water partition coefficient (Wildman–Crippen LogP) is 2.55. The van der Waals surface area contributed by atoms with Crippen molar-refractivity contribution in [2.75, 3.05) is 6.54 Å². The van der Waals surface area contributed by atoms with Gasteiger partial charge in [0.1, 0.15) is 0 Å². The van der Waals surface area contributed by atoms with Crippen LogP contribution < -0.4 is 5.69 Å². The first-order valence-corrected chi connectivity index (χ1v) is 8.48. The molecule has 6 nitrogen and oxygen atoms in total. The number of nitrogens with zero attached hydrogens (tertiary/aromatic N) is 3. The van der Waals surface area contributed by atoms with Crippen molar-refractivity contribution in [3.8, 4) is 0 Å². The number of amides is 1. The maximum atomic E-state index is 13.4. The first-order valence-electron chi connectivity index (χ1n) is 8.48. The van der Waals surface area contributed by atoms with Gasteiger partial charge in [-0.25, -0.2) is 9.78 Å². The Bertz CT molecular complexity index is 1020. The molecule has 25 heavy (non-hydrogen) atoms.